The van der Waals surface area contributed by atoms with Gasteiger partial charge in [-0.15, -0.1) is 11.6 Å². The Morgan fingerprint density at radius 3 is 2.86 bits per heavy atom. The van der Waals surface area contributed by atoms with E-state index in [2.05, 4.69) is 23.2 Å². The Hall–Kier alpha value is -1.08. The Morgan fingerprint density at radius 1 is 1.14 bits per heavy atom. The molecular weight excluding hydrogens is 194 g/mol. The molecule has 0 aliphatic heterocycles. The lowest BCUT2D eigenvalue weighted by molar-refractivity contribution is 0.930. The van der Waals surface area contributed by atoms with Crippen molar-refractivity contribution >= 4 is 22.4 Å². The van der Waals surface area contributed by atoms with E-state index >= 15 is 0 Å². The molecule has 1 aromatic heterocycles. The minimum atomic E-state index is 0.712. The van der Waals surface area contributed by atoms with Crippen LogP contribution in [0.25, 0.3) is 10.8 Å². The molecule has 1 nitrogen and oxygen atoms in total. The van der Waals surface area contributed by atoms with Crippen LogP contribution in [0.3, 0.4) is 0 Å². The number of hydrogen-bond donors (Lipinski definition) is 0. The summed E-state index contributed by atoms with van der Waals surface area (Å²) in [6.45, 7) is 0. The zero-order valence-corrected chi connectivity index (χ0v) is 8.67. The molecule has 0 atom stereocenters. The predicted octanol–water partition coefficient (Wildman–Crippen LogP) is 3.41. The van der Waals surface area contributed by atoms with Gasteiger partial charge in [0, 0.05) is 23.7 Å². The van der Waals surface area contributed by atoms with Crippen LogP contribution >= 0.6 is 11.6 Å². The van der Waals surface area contributed by atoms with E-state index in [1.54, 1.807) is 0 Å². The van der Waals surface area contributed by atoms with Crippen molar-refractivity contribution in [1.29, 1.82) is 0 Å². The maximum atomic E-state index is 5.68. The molecule has 0 fully saturated rings. The van der Waals surface area contributed by atoms with Gasteiger partial charge in [-0.2, -0.15) is 0 Å². The molecule has 2 aromatic rings. The minimum absolute atomic E-state index is 0.712. The molecule has 0 saturated heterocycles. The Morgan fingerprint density at radius 2 is 2.00 bits per heavy atom. The predicted molar refractivity (Wildman–Crippen MR) is 60.8 cm³/mol. The van der Waals surface area contributed by atoms with Crippen molar-refractivity contribution in [2.75, 3.05) is 5.88 Å². The highest BCUT2D eigenvalue weighted by Crippen LogP contribution is 2.18. The summed E-state index contributed by atoms with van der Waals surface area (Å²) in [6, 6.07) is 8.33. The van der Waals surface area contributed by atoms with E-state index in [9.17, 15) is 0 Å². The fourth-order valence-electron chi connectivity index (χ4n) is 1.64. The van der Waals surface area contributed by atoms with Crippen LogP contribution in [-0.4, -0.2) is 10.9 Å². The van der Waals surface area contributed by atoms with E-state index in [1.165, 1.54) is 16.3 Å². The fourth-order valence-corrected chi connectivity index (χ4v) is 1.77. The molecule has 0 saturated carbocycles. The number of benzene rings is 1. The first-order chi connectivity index (χ1) is 6.92. The van der Waals surface area contributed by atoms with E-state index in [4.69, 9.17) is 11.6 Å². The number of alkyl halides is 1. The molecule has 0 N–H and O–H groups in total. The van der Waals surface area contributed by atoms with E-state index in [1.807, 2.05) is 18.5 Å². The van der Waals surface area contributed by atoms with Gasteiger partial charge < -0.3 is 0 Å². The van der Waals surface area contributed by atoms with Crippen LogP contribution in [0.15, 0.2) is 36.7 Å². The molecule has 14 heavy (non-hydrogen) atoms. The number of aromatic nitrogens is 1. The van der Waals surface area contributed by atoms with E-state index in [-0.39, 0.29) is 0 Å². The summed E-state index contributed by atoms with van der Waals surface area (Å²) in [5.74, 6) is 0.712. The first-order valence-corrected chi connectivity index (χ1v) is 5.33. The lowest BCUT2D eigenvalue weighted by Gasteiger charge is -2.03. The topological polar surface area (TPSA) is 12.9 Å². The molecule has 0 unspecified atom stereocenters. The number of nitrogens with zero attached hydrogens (tertiary/aromatic N) is 1. The number of pyridine rings is 1. The molecule has 2 heteroatoms. The van der Waals surface area contributed by atoms with Gasteiger partial charge in [-0.3, -0.25) is 4.98 Å². The number of rotatable bonds is 3. The number of halogens is 1. The highest BCUT2D eigenvalue weighted by Gasteiger charge is 1.99. The van der Waals surface area contributed by atoms with Gasteiger partial charge in [-0.1, -0.05) is 24.3 Å². The van der Waals surface area contributed by atoms with Gasteiger partial charge in [-0.25, -0.2) is 0 Å². The molecular formula is C12H12ClN. The highest BCUT2D eigenvalue weighted by molar-refractivity contribution is 6.17. The van der Waals surface area contributed by atoms with E-state index in [0.717, 1.165) is 12.8 Å². The van der Waals surface area contributed by atoms with Gasteiger partial charge >= 0.3 is 0 Å². The first-order valence-electron chi connectivity index (χ1n) is 4.79. The summed E-state index contributed by atoms with van der Waals surface area (Å²) in [7, 11) is 0. The lowest BCUT2D eigenvalue weighted by atomic mass is 10.0. The maximum Gasteiger partial charge on any atom is 0.0346 e. The molecule has 1 heterocycles. The highest BCUT2D eigenvalue weighted by atomic mass is 35.5. The second-order valence-corrected chi connectivity index (χ2v) is 3.69. The van der Waals surface area contributed by atoms with E-state index < -0.39 is 0 Å². The summed E-state index contributed by atoms with van der Waals surface area (Å²) in [4.78, 5) is 4.22. The average molecular weight is 206 g/mol. The second kappa shape index (κ2) is 4.43. The Labute approximate surface area is 88.7 Å². The zero-order valence-electron chi connectivity index (χ0n) is 7.91. The van der Waals surface area contributed by atoms with Gasteiger partial charge in [0.1, 0.15) is 0 Å². The van der Waals surface area contributed by atoms with Gasteiger partial charge in [0.05, 0.1) is 0 Å². The maximum absolute atomic E-state index is 5.68. The third-order valence-electron chi connectivity index (χ3n) is 2.33. The third kappa shape index (κ3) is 1.88. The minimum Gasteiger partial charge on any atom is -0.264 e. The van der Waals surface area contributed by atoms with Gasteiger partial charge in [0.15, 0.2) is 0 Å². The zero-order chi connectivity index (χ0) is 9.80. The summed E-state index contributed by atoms with van der Waals surface area (Å²) >= 11 is 5.68. The SMILES string of the molecule is ClCCCc1cncc2ccccc12. The quantitative estimate of drug-likeness (QED) is 0.700. The van der Waals surface area contributed by atoms with Crippen LogP contribution in [0.2, 0.25) is 0 Å². The van der Waals surface area contributed by atoms with Crippen molar-refractivity contribution in [3.8, 4) is 0 Å². The van der Waals surface area contributed by atoms with Crippen LogP contribution in [0, 0.1) is 0 Å². The Kier molecular flexibility index (Phi) is 3.00. The van der Waals surface area contributed by atoms with Gasteiger partial charge in [-0.05, 0) is 23.8 Å². The molecule has 0 aliphatic carbocycles. The van der Waals surface area contributed by atoms with Crippen LogP contribution in [0.1, 0.15) is 12.0 Å². The van der Waals surface area contributed by atoms with Crippen molar-refractivity contribution in [2.24, 2.45) is 0 Å². The Balaban J connectivity index is 2.43. The first kappa shape index (κ1) is 9.47. The van der Waals surface area contributed by atoms with Crippen molar-refractivity contribution < 1.29 is 0 Å². The molecule has 1 aromatic carbocycles. The monoisotopic (exact) mass is 205 g/mol. The van der Waals surface area contributed by atoms with Crippen molar-refractivity contribution in [1.82, 2.24) is 4.98 Å². The normalized spacial score (nSPS) is 10.6. The van der Waals surface area contributed by atoms with Crippen molar-refractivity contribution in [2.45, 2.75) is 12.8 Å². The summed E-state index contributed by atoms with van der Waals surface area (Å²) in [5, 5.41) is 2.51. The van der Waals surface area contributed by atoms with Crippen LogP contribution in [0.5, 0.6) is 0 Å². The van der Waals surface area contributed by atoms with Crippen molar-refractivity contribution in [3.63, 3.8) is 0 Å². The molecule has 0 radical (unpaired) electrons. The number of fused-ring (bicyclic) bond motifs is 1. The summed E-state index contributed by atoms with van der Waals surface area (Å²) in [5.41, 5.74) is 1.30. The summed E-state index contributed by atoms with van der Waals surface area (Å²) < 4.78 is 0. The van der Waals surface area contributed by atoms with Crippen molar-refractivity contribution in [3.05, 3.63) is 42.2 Å². The van der Waals surface area contributed by atoms with Crippen LogP contribution in [-0.2, 0) is 6.42 Å². The number of hydrogen-bond acceptors (Lipinski definition) is 1. The molecule has 0 bridgehead atoms. The summed E-state index contributed by atoms with van der Waals surface area (Å²) in [6.07, 6.45) is 5.86. The fraction of sp³-hybridized carbons (Fsp3) is 0.250. The average Bonchev–Trinajstić information content (AvgIpc) is 2.26. The largest absolute Gasteiger partial charge is 0.264 e. The smallest absolute Gasteiger partial charge is 0.0346 e. The molecule has 0 amide bonds. The second-order valence-electron chi connectivity index (χ2n) is 3.31. The van der Waals surface area contributed by atoms with E-state index in [0.29, 0.717) is 5.88 Å². The molecule has 0 aliphatic rings. The number of aryl methyl sites for hydroxylation is 1. The van der Waals surface area contributed by atoms with Crippen LogP contribution in [0.4, 0.5) is 0 Å². The Bertz CT molecular complexity index is 420. The molecule has 0 spiro atoms. The van der Waals surface area contributed by atoms with Gasteiger partial charge in [0.2, 0.25) is 0 Å². The third-order valence-corrected chi connectivity index (χ3v) is 2.60. The molecule has 2 rings (SSSR count). The van der Waals surface area contributed by atoms with Gasteiger partial charge in [0.25, 0.3) is 0 Å². The molecule has 72 valence electrons. The van der Waals surface area contributed by atoms with Crippen LogP contribution < -0.4 is 0 Å². The standard InChI is InChI=1S/C12H12ClN/c13-7-3-5-11-9-14-8-10-4-1-2-6-12(10)11/h1-2,4,6,8-9H,3,5,7H2. The lowest BCUT2D eigenvalue weighted by Crippen LogP contribution is -1.89.